The van der Waals surface area contributed by atoms with Gasteiger partial charge >= 0.3 is 5.97 Å². The number of fused-ring (bicyclic) bond motifs is 3. The minimum Gasteiger partial charge on any atom is -0.481 e. The Bertz CT molecular complexity index is 556. The molecule has 2 aromatic rings. The Balaban J connectivity index is 2.05. The van der Waals surface area contributed by atoms with Gasteiger partial charge in [0.25, 0.3) is 0 Å². The minimum absolute atomic E-state index is 0.0388. The summed E-state index contributed by atoms with van der Waals surface area (Å²) in [7, 11) is 0. The molecule has 3 nitrogen and oxygen atoms in total. The van der Waals surface area contributed by atoms with E-state index in [1.807, 2.05) is 0 Å². The van der Waals surface area contributed by atoms with Crippen LogP contribution in [0.3, 0.4) is 0 Å². The van der Waals surface area contributed by atoms with Gasteiger partial charge in [-0.3, -0.25) is 4.79 Å². The van der Waals surface area contributed by atoms with Crippen molar-refractivity contribution in [3.05, 3.63) is 26.2 Å². The van der Waals surface area contributed by atoms with E-state index < -0.39 is 5.97 Å². The second-order valence-electron chi connectivity index (χ2n) is 3.71. The van der Waals surface area contributed by atoms with Gasteiger partial charge in [-0.15, -0.1) is 22.7 Å². The van der Waals surface area contributed by atoms with E-state index in [2.05, 4.69) is 16.4 Å². The fraction of sp³-hybridized carbons (Fsp3) is 0.273. The molecule has 2 aromatic heterocycles. The summed E-state index contributed by atoms with van der Waals surface area (Å²) < 4.78 is 0. The summed E-state index contributed by atoms with van der Waals surface area (Å²) in [6, 6.07) is 2.09. The number of rotatable bonds is 2. The number of aliphatic carboxylic acids is 1. The van der Waals surface area contributed by atoms with Gasteiger partial charge in [-0.05, 0) is 24.3 Å². The van der Waals surface area contributed by atoms with E-state index in [0.717, 1.165) is 23.5 Å². The van der Waals surface area contributed by atoms with Crippen LogP contribution in [0.1, 0.15) is 14.8 Å². The molecule has 0 radical (unpaired) electrons. The number of thiazole rings is 1. The first-order valence-corrected chi connectivity index (χ1v) is 6.71. The molecule has 0 saturated carbocycles. The monoisotopic (exact) mass is 251 g/mol. The SMILES string of the molecule is O=C(O)Cc1nc2c(s1)CCc1sccc1-2. The van der Waals surface area contributed by atoms with Crippen LogP contribution in [0.15, 0.2) is 11.4 Å². The van der Waals surface area contributed by atoms with Crippen molar-refractivity contribution in [3.8, 4) is 11.3 Å². The number of carbonyl (C=O) groups is 1. The Hall–Kier alpha value is -1.20. The van der Waals surface area contributed by atoms with Crippen molar-refractivity contribution >= 4 is 28.6 Å². The van der Waals surface area contributed by atoms with Crippen LogP contribution in [0.2, 0.25) is 0 Å². The van der Waals surface area contributed by atoms with Crippen LogP contribution >= 0.6 is 22.7 Å². The lowest BCUT2D eigenvalue weighted by Crippen LogP contribution is -1.99. The number of thiophene rings is 1. The van der Waals surface area contributed by atoms with Crippen LogP contribution in [-0.2, 0) is 24.1 Å². The summed E-state index contributed by atoms with van der Waals surface area (Å²) in [5.41, 5.74) is 2.22. The first-order chi connectivity index (χ1) is 7.74. The molecule has 0 spiro atoms. The lowest BCUT2D eigenvalue weighted by molar-refractivity contribution is -0.136. The van der Waals surface area contributed by atoms with Crippen molar-refractivity contribution in [2.45, 2.75) is 19.3 Å². The number of aromatic nitrogens is 1. The molecule has 2 heterocycles. The lowest BCUT2D eigenvalue weighted by atomic mass is 10.0. The fourth-order valence-electron chi connectivity index (χ4n) is 1.96. The number of carboxylic acid groups (broad SMARTS) is 1. The highest BCUT2D eigenvalue weighted by molar-refractivity contribution is 7.12. The molecular formula is C11H9NO2S2. The van der Waals surface area contributed by atoms with Gasteiger partial charge in [0, 0.05) is 15.3 Å². The molecule has 1 N–H and O–H groups in total. The molecule has 0 fully saturated rings. The molecule has 0 atom stereocenters. The van der Waals surface area contributed by atoms with Gasteiger partial charge in [-0.2, -0.15) is 0 Å². The molecule has 0 aliphatic heterocycles. The van der Waals surface area contributed by atoms with E-state index in [9.17, 15) is 4.79 Å². The second-order valence-corrected chi connectivity index (χ2v) is 5.88. The second kappa shape index (κ2) is 3.68. The molecule has 1 aliphatic carbocycles. The molecule has 0 aromatic carbocycles. The highest BCUT2D eigenvalue weighted by Crippen LogP contribution is 2.38. The van der Waals surface area contributed by atoms with Gasteiger partial charge in [-0.1, -0.05) is 0 Å². The molecular weight excluding hydrogens is 242 g/mol. The lowest BCUT2D eigenvalue weighted by Gasteiger charge is -2.09. The predicted octanol–water partition coefficient (Wildman–Crippen LogP) is 2.60. The van der Waals surface area contributed by atoms with Crippen molar-refractivity contribution in [1.29, 1.82) is 0 Å². The standard InChI is InChI=1S/C11H9NO2S2/c13-10(14)5-9-12-11-6-3-4-15-7(6)1-2-8(11)16-9/h3-4H,1-2,5H2,(H,13,14). The Kier molecular flexibility index (Phi) is 2.29. The highest BCUT2D eigenvalue weighted by atomic mass is 32.1. The van der Waals surface area contributed by atoms with Gasteiger partial charge in [-0.25, -0.2) is 4.98 Å². The number of carboxylic acids is 1. The van der Waals surface area contributed by atoms with Crippen molar-refractivity contribution in [3.63, 3.8) is 0 Å². The summed E-state index contributed by atoms with van der Waals surface area (Å²) in [5.74, 6) is -0.809. The first-order valence-electron chi connectivity index (χ1n) is 5.01. The van der Waals surface area contributed by atoms with Crippen molar-refractivity contribution in [2.75, 3.05) is 0 Å². The number of hydrogen-bond acceptors (Lipinski definition) is 4. The molecule has 0 bridgehead atoms. The molecule has 0 amide bonds. The van der Waals surface area contributed by atoms with Crippen LogP contribution < -0.4 is 0 Å². The van der Waals surface area contributed by atoms with Gasteiger partial charge in [0.1, 0.15) is 5.01 Å². The molecule has 82 valence electrons. The van der Waals surface area contributed by atoms with E-state index in [4.69, 9.17) is 5.11 Å². The van der Waals surface area contributed by atoms with Crippen molar-refractivity contribution in [2.24, 2.45) is 0 Å². The van der Waals surface area contributed by atoms with Crippen LogP contribution in [0.5, 0.6) is 0 Å². The maximum atomic E-state index is 10.6. The van der Waals surface area contributed by atoms with Gasteiger partial charge in [0.15, 0.2) is 0 Å². The number of nitrogens with zero attached hydrogens (tertiary/aromatic N) is 1. The Labute approximate surface area is 100 Å². The average Bonchev–Trinajstić information content (AvgIpc) is 2.78. The summed E-state index contributed by atoms with van der Waals surface area (Å²) >= 11 is 3.30. The minimum atomic E-state index is -0.809. The average molecular weight is 251 g/mol. The Morgan fingerprint density at radius 3 is 3.06 bits per heavy atom. The van der Waals surface area contributed by atoms with Crippen molar-refractivity contribution < 1.29 is 9.90 Å². The van der Waals surface area contributed by atoms with Crippen LogP contribution in [0.4, 0.5) is 0 Å². The zero-order chi connectivity index (χ0) is 11.1. The smallest absolute Gasteiger partial charge is 0.310 e. The van der Waals surface area contributed by atoms with Gasteiger partial charge < -0.3 is 5.11 Å². The summed E-state index contributed by atoms with van der Waals surface area (Å²) in [6.07, 6.45) is 2.10. The summed E-state index contributed by atoms with van der Waals surface area (Å²) in [5, 5.41) is 11.6. The van der Waals surface area contributed by atoms with Crippen LogP contribution in [0, 0.1) is 0 Å². The largest absolute Gasteiger partial charge is 0.481 e. The Morgan fingerprint density at radius 1 is 1.44 bits per heavy atom. The van der Waals surface area contributed by atoms with E-state index >= 15 is 0 Å². The normalized spacial score (nSPS) is 13.2. The van der Waals surface area contributed by atoms with Crippen LogP contribution in [0.25, 0.3) is 11.3 Å². The summed E-state index contributed by atoms with van der Waals surface area (Å²) in [6.45, 7) is 0. The first kappa shape index (κ1) is 9.99. The number of hydrogen-bond donors (Lipinski definition) is 1. The summed E-state index contributed by atoms with van der Waals surface area (Å²) in [4.78, 5) is 17.7. The van der Waals surface area contributed by atoms with E-state index in [-0.39, 0.29) is 6.42 Å². The zero-order valence-electron chi connectivity index (χ0n) is 8.40. The molecule has 1 aliphatic rings. The molecule has 0 saturated heterocycles. The third-order valence-corrected chi connectivity index (χ3v) is 4.72. The third-order valence-electron chi connectivity index (χ3n) is 2.62. The maximum Gasteiger partial charge on any atom is 0.310 e. The van der Waals surface area contributed by atoms with E-state index in [0.29, 0.717) is 0 Å². The van der Waals surface area contributed by atoms with Crippen LogP contribution in [-0.4, -0.2) is 16.1 Å². The molecule has 16 heavy (non-hydrogen) atoms. The van der Waals surface area contributed by atoms with E-state index in [1.165, 1.54) is 15.3 Å². The third kappa shape index (κ3) is 1.56. The maximum absolute atomic E-state index is 10.6. The molecule has 3 rings (SSSR count). The predicted molar refractivity (Wildman–Crippen MR) is 64.2 cm³/mol. The van der Waals surface area contributed by atoms with Gasteiger partial charge in [0.2, 0.25) is 0 Å². The molecule has 0 unspecified atom stereocenters. The number of aryl methyl sites for hydroxylation is 2. The molecule has 5 heteroatoms. The quantitative estimate of drug-likeness (QED) is 0.892. The highest BCUT2D eigenvalue weighted by Gasteiger charge is 2.22. The van der Waals surface area contributed by atoms with E-state index in [1.54, 1.807) is 22.7 Å². The van der Waals surface area contributed by atoms with Gasteiger partial charge in [0.05, 0.1) is 12.1 Å². The zero-order valence-corrected chi connectivity index (χ0v) is 10.0. The topological polar surface area (TPSA) is 50.2 Å². The van der Waals surface area contributed by atoms with Crippen molar-refractivity contribution in [1.82, 2.24) is 4.98 Å². The Morgan fingerprint density at radius 2 is 2.25 bits per heavy atom. The fourth-order valence-corrected chi connectivity index (χ4v) is 3.91.